The largest absolute Gasteiger partial charge is 0.495 e. The fourth-order valence-electron chi connectivity index (χ4n) is 3.52. The third-order valence-electron chi connectivity index (χ3n) is 4.53. The van der Waals surface area contributed by atoms with E-state index < -0.39 is 10.0 Å². The van der Waals surface area contributed by atoms with E-state index in [2.05, 4.69) is 10.0 Å². The molecule has 1 aromatic rings. The van der Waals surface area contributed by atoms with Gasteiger partial charge in [0.25, 0.3) is 0 Å². The van der Waals surface area contributed by atoms with Crippen molar-refractivity contribution < 1.29 is 13.2 Å². The molecule has 2 aliphatic heterocycles. The first-order valence-electron chi connectivity index (χ1n) is 7.51. The zero-order chi connectivity index (χ0) is 15.9. The maximum absolute atomic E-state index is 12.7. The van der Waals surface area contributed by atoms with Gasteiger partial charge in [-0.2, -0.15) is 0 Å². The second-order valence-corrected chi connectivity index (χ2v) is 8.27. The van der Waals surface area contributed by atoms with Crippen LogP contribution in [-0.4, -0.2) is 33.7 Å². The zero-order valence-electron chi connectivity index (χ0n) is 13.1. The first-order chi connectivity index (χ1) is 10.4. The van der Waals surface area contributed by atoms with Gasteiger partial charge < -0.3 is 10.1 Å². The molecule has 2 saturated heterocycles. The Morgan fingerprint density at radius 2 is 1.87 bits per heavy atom. The second kappa shape index (κ2) is 7.15. The summed E-state index contributed by atoms with van der Waals surface area (Å²) in [7, 11) is -2.06. The molecule has 0 aliphatic carbocycles. The Labute approximate surface area is 148 Å². The lowest BCUT2D eigenvalue weighted by Gasteiger charge is -2.29. The number of methoxy groups -OCH3 is 1. The first-order valence-corrected chi connectivity index (χ1v) is 9.37. The monoisotopic (exact) mass is 380 g/mol. The van der Waals surface area contributed by atoms with Crippen LogP contribution in [-0.2, 0) is 10.0 Å². The molecule has 0 saturated carbocycles. The Hall–Kier alpha value is -0.530. The van der Waals surface area contributed by atoms with Gasteiger partial charge in [-0.1, -0.05) is 11.6 Å². The summed E-state index contributed by atoms with van der Waals surface area (Å²) >= 11 is 6.08. The van der Waals surface area contributed by atoms with E-state index in [9.17, 15) is 8.42 Å². The molecule has 130 valence electrons. The number of fused-ring (bicyclic) bond motifs is 2. The molecule has 5 nitrogen and oxygen atoms in total. The van der Waals surface area contributed by atoms with Crippen LogP contribution in [0.5, 0.6) is 5.75 Å². The smallest absolute Gasteiger partial charge is 0.241 e. The zero-order valence-corrected chi connectivity index (χ0v) is 15.5. The summed E-state index contributed by atoms with van der Waals surface area (Å²) in [6.45, 7) is 1.75. The van der Waals surface area contributed by atoms with E-state index in [-0.39, 0.29) is 23.3 Å². The van der Waals surface area contributed by atoms with Gasteiger partial charge in [-0.05, 0) is 50.3 Å². The van der Waals surface area contributed by atoms with Crippen molar-refractivity contribution in [3.8, 4) is 5.75 Å². The maximum Gasteiger partial charge on any atom is 0.241 e. The van der Waals surface area contributed by atoms with Crippen LogP contribution in [0.1, 0.15) is 31.2 Å². The number of aryl methyl sites for hydroxylation is 1. The number of hydrogen-bond acceptors (Lipinski definition) is 4. The van der Waals surface area contributed by atoms with Crippen molar-refractivity contribution in [2.45, 2.75) is 55.6 Å². The van der Waals surface area contributed by atoms with Gasteiger partial charge >= 0.3 is 0 Å². The van der Waals surface area contributed by atoms with Crippen molar-refractivity contribution in [2.75, 3.05) is 7.11 Å². The average molecular weight is 381 g/mol. The summed E-state index contributed by atoms with van der Waals surface area (Å²) in [6.07, 6.45) is 3.96. The summed E-state index contributed by atoms with van der Waals surface area (Å²) in [5.41, 5.74) is 0.630. The van der Waals surface area contributed by atoms with Crippen molar-refractivity contribution in [3.05, 3.63) is 22.7 Å². The van der Waals surface area contributed by atoms with E-state index in [0.29, 0.717) is 28.4 Å². The molecule has 2 N–H and O–H groups in total. The number of benzene rings is 1. The van der Waals surface area contributed by atoms with Crippen LogP contribution in [0.4, 0.5) is 0 Å². The predicted octanol–water partition coefficient (Wildman–Crippen LogP) is 2.64. The minimum absolute atomic E-state index is 0. The van der Waals surface area contributed by atoms with Crippen LogP contribution in [0.25, 0.3) is 0 Å². The molecular weight excluding hydrogens is 359 g/mol. The highest BCUT2D eigenvalue weighted by Crippen LogP contribution is 2.31. The summed E-state index contributed by atoms with van der Waals surface area (Å²) in [5, 5.41) is 3.81. The van der Waals surface area contributed by atoms with E-state index in [1.165, 1.54) is 13.2 Å². The molecule has 0 radical (unpaired) electrons. The van der Waals surface area contributed by atoms with E-state index in [1.54, 1.807) is 13.0 Å². The molecule has 0 spiro atoms. The first kappa shape index (κ1) is 18.8. The number of nitrogens with one attached hydrogen (secondary N) is 2. The van der Waals surface area contributed by atoms with Gasteiger partial charge in [0.2, 0.25) is 10.0 Å². The molecule has 2 unspecified atom stereocenters. The molecule has 0 amide bonds. The molecule has 2 fully saturated rings. The lowest BCUT2D eigenvalue weighted by Crippen LogP contribution is -2.48. The topological polar surface area (TPSA) is 67.4 Å². The Morgan fingerprint density at radius 1 is 1.26 bits per heavy atom. The van der Waals surface area contributed by atoms with Crippen molar-refractivity contribution in [2.24, 2.45) is 0 Å². The van der Waals surface area contributed by atoms with E-state index in [1.807, 2.05) is 0 Å². The van der Waals surface area contributed by atoms with Crippen LogP contribution in [0, 0.1) is 6.92 Å². The summed E-state index contributed by atoms with van der Waals surface area (Å²) in [5.74, 6) is 0.484. The Morgan fingerprint density at radius 3 is 2.43 bits per heavy atom. The quantitative estimate of drug-likeness (QED) is 0.842. The van der Waals surface area contributed by atoms with Gasteiger partial charge in [-0.25, -0.2) is 13.1 Å². The van der Waals surface area contributed by atoms with E-state index in [0.717, 1.165) is 25.7 Å². The van der Waals surface area contributed by atoms with Crippen LogP contribution >= 0.6 is 24.0 Å². The van der Waals surface area contributed by atoms with Gasteiger partial charge in [0.05, 0.1) is 17.0 Å². The number of sulfonamides is 1. The molecule has 2 aliphatic rings. The van der Waals surface area contributed by atoms with Crippen LogP contribution in [0.15, 0.2) is 17.0 Å². The summed E-state index contributed by atoms with van der Waals surface area (Å²) in [6, 6.07) is 3.99. The minimum atomic E-state index is -3.57. The van der Waals surface area contributed by atoms with Crippen LogP contribution in [0.3, 0.4) is 0 Å². The molecule has 2 atom stereocenters. The third kappa shape index (κ3) is 3.94. The second-order valence-electron chi connectivity index (χ2n) is 6.18. The van der Waals surface area contributed by atoms with E-state index in [4.69, 9.17) is 16.3 Å². The van der Waals surface area contributed by atoms with Crippen molar-refractivity contribution in [1.82, 2.24) is 10.0 Å². The van der Waals surface area contributed by atoms with Crippen molar-refractivity contribution >= 4 is 34.0 Å². The third-order valence-corrected chi connectivity index (χ3v) is 6.49. The fraction of sp³-hybridized carbons (Fsp3) is 0.600. The average Bonchev–Trinajstić information content (AvgIpc) is 2.79. The molecule has 23 heavy (non-hydrogen) atoms. The van der Waals surface area contributed by atoms with Crippen LogP contribution < -0.4 is 14.8 Å². The Kier molecular flexibility index (Phi) is 5.85. The van der Waals surface area contributed by atoms with Gasteiger partial charge in [0.1, 0.15) is 5.75 Å². The molecular formula is C15H22Cl2N2O3S. The lowest BCUT2D eigenvalue weighted by atomic mass is 10.0. The van der Waals surface area contributed by atoms with Crippen LogP contribution in [0.2, 0.25) is 5.02 Å². The Bertz CT molecular complexity index is 670. The fourth-order valence-corrected chi connectivity index (χ4v) is 5.34. The number of rotatable bonds is 4. The number of hydrogen-bond donors (Lipinski definition) is 2. The predicted molar refractivity (Wildman–Crippen MR) is 93.3 cm³/mol. The lowest BCUT2D eigenvalue weighted by molar-refractivity contribution is 0.345. The number of ether oxygens (including phenoxy) is 1. The number of halogens is 2. The molecule has 3 rings (SSSR count). The molecule has 2 bridgehead atoms. The van der Waals surface area contributed by atoms with Crippen molar-refractivity contribution in [3.63, 3.8) is 0 Å². The molecule has 8 heteroatoms. The van der Waals surface area contributed by atoms with Gasteiger partial charge in [-0.3, -0.25) is 0 Å². The summed E-state index contributed by atoms with van der Waals surface area (Å²) < 4.78 is 33.3. The molecule has 0 aromatic heterocycles. The number of piperidine rings is 1. The normalized spacial score (nSPS) is 26.7. The minimum Gasteiger partial charge on any atom is -0.495 e. The Balaban J connectivity index is 0.00000192. The highest BCUT2D eigenvalue weighted by Gasteiger charge is 2.35. The standard InChI is InChI=1S/C15H21ClN2O3S.ClH/c1-9-5-14(21-2)13(16)8-15(9)22(19,20)18-12-6-10-3-4-11(7-12)17-10;/h5,8,10-12,17-18H,3-4,6-7H2,1-2H3;1H. The maximum atomic E-state index is 12.7. The summed E-state index contributed by atoms with van der Waals surface area (Å²) in [4.78, 5) is 0.226. The highest BCUT2D eigenvalue weighted by atomic mass is 35.5. The highest BCUT2D eigenvalue weighted by molar-refractivity contribution is 7.89. The van der Waals surface area contributed by atoms with Gasteiger partial charge in [-0.15, -0.1) is 12.4 Å². The molecule has 1 aromatic carbocycles. The van der Waals surface area contributed by atoms with Crippen molar-refractivity contribution in [1.29, 1.82) is 0 Å². The van der Waals surface area contributed by atoms with Gasteiger partial charge in [0, 0.05) is 18.1 Å². The van der Waals surface area contributed by atoms with E-state index >= 15 is 0 Å². The molecule has 2 heterocycles. The SMILES string of the molecule is COc1cc(C)c(S(=O)(=O)NC2CC3CCC(C2)N3)cc1Cl.Cl. The van der Waals surface area contributed by atoms with Gasteiger partial charge in [0.15, 0.2) is 0 Å².